The van der Waals surface area contributed by atoms with Crippen LogP contribution in [0.4, 0.5) is 4.39 Å². The molecule has 2 aromatic rings. The first-order chi connectivity index (χ1) is 13.5. The molecule has 0 spiro atoms. The summed E-state index contributed by atoms with van der Waals surface area (Å²) in [5.41, 5.74) is 1.54. The highest BCUT2D eigenvalue weighted by Crippen LogP contribution is 2.27. The minimum absolute atomic E-state index is 0.271. The number of halogens is 1. The van der Waals surface area contributed by atoms with Gasteiger partial charge in [0.25, 0.3) is 0 Å². The number of carbonyl (C=O) groups is 1. The number of carboxylic acids is 1. The Morgan fingerprint density at radius 1 is 1.00 bits per heavy atom. The molecule has 0 fully saturated rings. The average Bonchev–Trinajstić information content (AvgIpc) is 2.68. The second-order valence-electron chi connectivity index (χ2n) is 6.88. The number of aliphatic carboxylic acids is 1. The van der Waals surface area contributed by atoms with Gasteiger partial charge in [-0.05, 0) is 48.7 Å². The number of hydrogen-bond acceptors (Lipinski definition) is 3. The number of carboxylic acid groups (broad SMARTS) is 1. The van der Waals surface area contributed by atoms with Crippen LogP contribution in [0, 0.1) is 5.82 Å². The second kappa shape index (κ2) is 11.3. The van der Waals surface area contributed by atoms with E-state index in [1.807, 2.05) is 6.07 Å². The maximum Gasteiger partial charge on any atom is 0.344 e. The molecule has 1 atom stereocenters. The van der Waals surface area contributed by atoms with E-state index in [9.17, 15) is 9.18 Å². The molecule has 2 aromatic carbocycles. The summed E-state index contributed by atoms with van der Waals surface area (Å²) in [6.07, 6.45) is 6.05. The molecule has 0 heterocycles. The Balaban J connectivity index is 1.88. The first-order valence-electron chi connectivity index (χ1n) is 9.93. The first-order valence-corrected chi connectivity index (χ1v) is 9.93. The van der Waals surface area contributed by atoms with Crippen molar-refractivity contribution in [3.8, 4) is 22.6 Å². The van der Waals surface area contributed by atoms with Crippen molar-refractivity contribution in [3.05, 3.63) is 48.3 Å². The van der Waals surface area contributed by atoms with Crippen molar-refractivity contribution in [2.75, 3.05) is 6.61 Å². The van der Waals surface area contributed by atoms with Crippen molar-refractivity contribution >= 4 is 5.97 Å². The fourth-order valence-corrected chi connectivity index (χ4v) is 2.84. The molecule has 0 aliphatic rings. The quantitative estimate of drug-likeness (QED) is 0.447. The van der Waals surface area contributed by atoms with Crippen LogP contribution in [-0.2, 0) is 4.79 Å². The summed E-state index contributed by atoms with van der Waals surface area (Å²) >= 11 is 0. The van der Waals surface area contributed by atoms with Crippen molar-refractivity contribution < 1.29 is 23.8 Å². The van der Waals surface area contributed by atoms with Crippen LogP contribution in [0.3, 0.4) is 0 Å². The average molecular weight is 388 g/mol. The Bertz CT molecular complexity index is 743. The van der Waals surface area contributed by atoms with E-state index < -0.39 is 12.1 Å². The normalized spacial score (nSPS) is 11.8. The minimum atomic E-state index is -1.03. The van der Waals surface area contributed by atoms with Crippen molar-refractivity contribution in [1.82, 2.24) is 0 Å². The third-order valence-electron chi connectivity index (χ3n) is 4.54. The molecule has 2 rings (SSSR count). The van der Waals surface area contributed by atoms with Gasteiger partial charge in [-0.25, -0.2) is 9.18 Å². The van der Waals surface area contributed by atoms with Crippen LogP contribution in [0.1, 0.15) is 52.4 Å². The van der Waals surface area contributed by atoms with E-state index in [2.05, 4.69) is 6.92 Å². The smallest absolute Gasteiger partial charge is 0.344 e. The third-order valence-corrected chi connectivity index (χ3v) is 4.54. The molecule has 0 amide bonds. The van der Waals surface area contributed by atoms with Crippen LogP contribution in [0.25, 0.3) is 11.1 Å². The lowest BCUT2D eigenvalue weighted by Gasteiger charge is -2.11. The van der Waals surface area contributed by atoms with E-state index in [1.165, 1.54) is 38.7 Å². The summed E-state index contributed by atoms with van der Waals surface area (Å²) in [6, 6.07) is 11.8. The van der Waals surface area contributed by atoms with Crippen LogP contribution < -0.4 is 9.47 Å². The second-order valence-corrected chi connectivity index (χ2v) is 6.88. The molecule has 152 valence electrons. The Morgan fingerprint density at radius 3 is 2.29 bits per heavy atom. The van der Waals surface area contributed by atoms with Gasteiger partial charge in [-0.15, -0.1) is 0 Å². The standard InChI is InChI=1S/C23H29FO4/c1-3-4-5-6-7-8-15-27-22-14-11-19(16-21(22)24)18-9-12-20(13-10-18)28-17(2)23(25)26/h9-14,16-17H,3-8,15H2,1-2H3,(H,25,26). The highest BCUT2D eigenvalue weighted by molar-refractivity contribution is 5.72. The summed E-state index contributed by atoms with van der Waals surface area (Å²) in [5.74, 6) is -0.684. The van der Waals surface area contributed by atoms with Crippen molar-refractivity contribution in [2.45, 2.75) is 58.5 Å². The van der Waals surface area contributed by atoms with Crippen LogP contribution in [-0.4, -0.2) is 23.8 Å². The zero-order chi connectivity index (χ0) is 20.4. The van der Waals surface area contributed by atoms with Gasteiger partial charge in [0.05, 0.1) is 6.61 Å². The van der Waals surface area contributed by atoms with E-state index in [0.717, 1.165) is 24.0 Å². The van der Waals surface area contributed by atoms with Gasteiger partial charge in [0, 0.05) is 0 Å². The molecule has 0 aromatic heterocycles. The summed E-state index contributed by atoms with van der Waals surface area (Å²) in [7, 11) is 0. The zero-order valence-corrected chi connectivity index (χ0v) is 16.6. The molecule has 1 unspecified atom stereocenters. The van der Waals surface area contributed by atoms with Gasteiger partial charge in [0.2, 0.25) is 0 Å². The van der Waals surface area contributed by atoms with Crippen LogP contribution >= 0.6 is 0 Å². The molecule has 0 saturated heterocycles. The maximum absolute atomic E-state index is 14.3. The van der Waals surface area contributed by atoms with Crippen molar-refractivity contribution in [1.29, 1.82) is 0 Å². The predicted molar refractivity (Wildman–Crippen MR) is 108 cm³/mol. The number of benzene rings is 2. The Kier molecular flexibility index (Phi) is 8.79. The van der Waals surface area contributed by atoms with Gasteiger partial charge in [-0.2, -0.15) is 0 Å². The molecule has 0 radical (unpaired) electrons. The molecular weight excluding hydrogens is 359 g/mol. The summed E-state index contributed by atoms with van der Waals surface area (Å²) in [4.78, 5) is 10.8. The lowest BCUT2D eigenvalue weighted by Crippen LogP contribution is -2.22. The first kappa shape index (κ1) is 21.7. The fourth-order valence-electron chi connectivity index (χ4n) is 2.84. The highest BCUT2D eigenvalue weighted by atomic mass is 19.1. The van der Waals surface area contributed by atoms with E-state index in [4.69, 9.17) is 14.6 Å². The van der Waals surface area contributed by atoms with Crippen LogP contribution in [0.15, 0.2) is 42.5 Å². The Morgan fingerprint density at radius 2 is 1.64 bits per heavy atom. The van der Waals surface area contributed by atoms with Crippen LogP contribution in [0.5, 0.6) is 11.5 Å². The van der Waals surface area contributed by atoms with Crippen molar-refractivity contribution in [2.24, 2.45) is 0 Å². The lowest BCUT2D eigenvalue weighted by atomic mass is 10.1. The number of ether oxygens (including phenoxy) is 2. The van der Waals surface area contributed by atoms with Gasteiger partial charge in [0.15, 0.2) is 17.7 Å². The number of unbranched alkanes of at least 4 members (excludes halogenated alkanes) is 5. The lowest BCUT2D eigenvalue weighted by molar-refractivity contribution is -0.144. The monoisotopic (exact) mass is 388 g/mol. The van der Waals surface area contributed by atoms with Crippen molar-refractivity contribution in [3.63, 3.8) is 0 Å². The molecule has 1 N–H and O–H groups in total. The summed E-state index contributed by atoms with van der Waals surface area (Å²) in [5, 5.41) is 8.88. The summed E-state index contributed by atoms with van der Waals surface area (Å²) < 4.78 is 25.2. The largest absolute Gasteiger partial charge is 0.491 e. The Labute approximate surface area is 166 Å². The van der Waals surface area contributed by atoms with E-state index in [1.54, 1.807) is 30.3 Å². The van der Waals surface area contributed by atoms with Gasteiger partial charge in [-0.1, -0.05) is 57.2 Å². The van der Waals surface area contributed by atoms with E-state index in [-0.39, 0.29) is 11.6 Å². The molecule has 0 saturated carbocycles. The number of rotatable bonds is 12. The SMILES string of the molecule is CCCCCCCCOc1ccc(-c2ccc(OC(C)C(=O)O)cc2)cc1F. The molecule has 0 aliphatic carbocycles. The molecule has 28 heavy (non-hydrogen) atoms. The van der Waals surface area contributed by atoms with E-state index in [0.29, 0.717) is 12.4 Å². The number of hydrogen-bond donors (Lipinski definition) is 1. The minimum Gasteiger partial charge on any atom is -0.491 e. The van der Waals surface area contributed by atoms with Gasteiger partial charge >= 0.3 is 5.97 Å². The maximum atomic E-state index is 14.3. The van der Waals surface area contributed by atoms with Gasteiger partial charge < -0.3 is 14.6 Å². The highest BCUT2D eigenvalue weighted by Gasteiger charge is 2.12. The van der Waals surface area contributed by atoms with Gasteiger partial charge in [0.1, 0.15) is 5.75 Å². The topological polar surface area (TPSA) is 55.8 Å². The molecule has 0 aliphatic heterocycles. The van der Waals surface area contributed by atoms with E-state index >= 15 is 0 Å². The third kappa shape index (κ3) is 6.87. The predicted octanol–water partition coefficient (Wildman–Crippen LogP) is 6.08. The summed E-state index contributed by atoms with van der Waals surface area (Å²) in [6.45, 7) is 4.18. The Hall–Kier alpha value is -2.56. The fraction of sp³-hybridized carbons (Fsp3) is 0.435. The molecule has 0 bridgehead atoms. The molecule has 4 nitrogen and oxygen atoms in total. The van der Waals surface area contributed by atoms with Crippen LogP contribution in [0.2, 0.25) is 0 Å². The zero-order valence-electron chi connectivity index (χ0n) is 16.6. The molecular formula is C23H29FO4. The van der Waals surface area contributed by atoms with Gasteiger partial charge in [-0.3, -0.25) is 0 Å². The molecule has 5 heteroatoms.